The molecule has 0 spiro atoms. The monoisotopic (exact) mass is 2520 g/mol. The molecule has 743 valence electrons. The Morgan fingerprint density at radius 1 is 0.243 bits per heavy atom. The summed E-state index contributed by atoms with van der Waals surface area (Å²) in [6.45, 7) is -34.3. The Morgan fingerprint density at radius 3 is 0.966 bits per heavy atom. The largest absolute Gasteiger partial charge is 0.486 e. The van der Waals surface area contributed by atoms with Gasteiger partial charge in [0.05, 0.1) is 16.7 Å². The van der Waals surface area contributed by atoms with E-state index in [-0.39, 0.29) is 239 Å². The average Bonchev–Trinajstić information content (AvgIpc) is 1.62. The van der Waals surface area contributed by atoms with E-state index >= 15 is 0 Å². The standard InChI is InChI=1S/3C26H21N2O.C20H18N.C19H16N.C16H18N.3Ir/c3*1-15-8-10-19(16(2)12-15)23-13-24(27-14-17(23)3)22-7-5-6-20-21-11-9-18(4)28-26(21)29-25(20)22;1-14-9-10-18(20-11-15(2)16(3)13-21-20)12-19(14)17-7-5-4-6-8-17;1-14-8-11-19(20-13-14)17-10-9-15(2)18(12-17)16-6-4-3-5-7-16;1-12-5-7-13(8-6-12)15-10-9-14(11-17-15)16(2,3)4;;;/h3*5-6,8-14H,1-4H3;4-9,11-13H,1-3H3;3-9,11-13H,1-2H3;5-7,9-11H,1-4H3;;;/q6*-1;;;/i3*1D3,2D3,3D3,4D3;1D3,3D3;1D3,2D3;1D3;;;. The van der Waals surface area contributed by atoms with Gasteiger partial charge in [0.15, 0.2) is 0 Å². The predicted octanol–water partition coefficient (Wildman–Crippen LogP) is 34.4. The van der Waals surface area contributed by atoms with Gasteiger partial charge in [-0.15, -0.1) is 149 Å². The van der Waals surface area contributed by atoms with Crippen molar-refractivity contribution < 1.29 is 143 Å². The van der Waals surface area contributed by atoms with Crippen molar-refractivity contribution in [3.05, 3.63) is 459 Å². The van der Waals surface area contributed by atoms with Crippen LogP contribution in [0.2, 0.25) is 0 Å². The molecule has 0 fully saturated rings. The molecule has 0 aliphatic rings. The van der Waals surface area contributed by atoms with Gasteiger partial charge in [0.1, 0.15) is 0 Å². The van der Waals surface area contributed by atoms with Gasteiger partial charge in [0.2, 0.25) is 17.1 Å². The molecule has 12 aromatic heterocycles. The van der Waals surface area contributed by atoms with Crippen LogP contribution in [0.4, 0.5) is 0 Å². The molecule has 12 nitrogen and oxygen atoms in total. The Hall–Kier alpha value is -14.9. The quantitative estimate of drug-likeness (QED) is 0.113. The molecule has 15 heteroatoms. The second kappa shape index (κ2) is 46.9. The van der Waals surface area contributed by atoms with Crippen LogP contribution in [-0.4, -0.2) is 44.9 Å². The summed E-state index contributed by atoms with van der Waals surface area (Å²) < 4.78 is 415. The van der Waals surface area contributed by atoms with Crippen LogP contribution in [0.3, 0.4) is 0 Å². The molecule has 0 unspecified atom stereocenters. The molecular formula is C133H115Ir3N9O3-6. The fourth-order valence-corrected chi connectivity index (χ4v) is 16.0. The molecule has 11 aromatic carbocycles. The van der Waals surface area contributed by atoms with Crippen molar-refractivity contribution in [3.8, 4) is 123 Å². The zero-order chi connectivity index (χ0) is 144. The third kappa shape index (κ3) is 24.2. The third-order valence-corrected chi connectivity index (χ3v) is 23.5. The molecule has 0 bridgehead atoms. The van der Waals surface area contributed by atoms with Gasteiger partial charge in [-0.2, -0.15) is 0 Å². The summed E-state index contributed by atoms with van der Waals surface area (Å²) in [5.41, 5.74) is 9.67. The first kappa shape index (κ1) is 59.2. The van der Waals surface area contributed by atoms with Crippen molar-refractivity contribution in [2.75, 3.05) is 0 Å². The SMILES string of the molecule is [2H]C([2H])([2H])c1c[c-]c(-c2ccc(C(C)(C)C)cn2)cc1.[2H]C([2H])([2H])c1ccc(-c2[c-]cc(C([2H])([2H])[2H])c(-c3ccccc3)c2)nc1.[2H]C([2H])([2H])c1ccc(-c2cc(-c3[c-]ccc4c3oc3nc(C([2H])([2H])[2H])ccc34)ncc2C([2H])([2H])[2H])c(C([2H])([2H])[2H])c1.[2H]C([2H])([2H])c1ccc(-c2cc(-c3[c-]ccc4c3oc3nc(C([2H])([2H])[2H])ccc34)ncc2C([2H])([2H])[2H])c(C([2H])([2H])[2H])c1.[2H]C([2H])([2H])c1ccc(-c2cc(-c3[c-]ccc4c3oc3nc(C([2H])([2H])[2H])ccc34)ncc2C([2H])([2H])[2H])c(C([2H])([2H])[2H])c1.[2H]C([2H])([2H])c1cnc(-c2[c-]cc(C([2H])([2H])[2H])c(-c3ccccc3)c2)cc1C.[Ir].[Ir].[Ir]. The number of pyridine rings is 9. The van der Waals surface area contributed by atoms with Crippen LogP contribution in [0.25, 0.3) is 189 Å². The van der Waals surface area contributed by atoms with Gasteiger partial charge in [-0.05, 0) is 273 Å². The molecule has 0 atom stereocenters. The molecule has 23 rings (SSSR count). The maximum Gasteiger partial charge on any atom is 0.216 e. The average molecular weight is 2520 g/mol. The Labute approximate surface area is 981 Å². The van der Waals surface area contributed by atoms with E-state index in [4.69, 9.17) is 83.2 Å². The molecule has 0 saturated carbocycles. The smallest absolute Gasteiger partial charge is 0.216 e. The summed E-state index contributed by atoms with van der Waals surface area (Å²) in [5, 5.41) is 3.41. The molecular weight excluding hydrogens is 2350 g/mol. The van der Waals surface area contributed by atoms with Crippen LogP contribution in [0.1, 0.15) is 197 Å². The van der Waals surface area contributed by atoms with Gasteiger partial charge < -0.3 is 43.2 Å². The van der Waals surface area contributed by atoms with Gasteiger partial charge >= 0.3 is 0 Å². The first-order valence-electron chi connectivity index (χ1n) is 70.4. The van der Waals surface area contributed by atoms with Crippen molar-refractivity contribution in [1.29, 1.82) is 0 Å². The Kier molecular flexibility index (Phi) is 18.8. The molecule has 0 N–H and O–H groups in total. The fourth-order valence-electron chi connectivity index (χ4n) is 16.0. The number of furan rings is 3. The van der Waals surface area contributed by atoms with Crippen LogP contribution in [0.5, 0.6) is 0 Å². The Balaban J connectivity index is 0.000000173. The molecule has 0 saturated heterocycles. The first-order valence-corrected chi connectivity index (χ1v) is 44.9. The van der Waals surface area contributed by atoms with Gasteiger partial charge in [0.25, 0.3) is 0 Å². The maximum atomic E-state index is 8.06. The van der Waals surface area contributed by atoms with Crippen LogP contribution in [0, 0.1) is 160 Å². The van der Waals surface area contributed by atoms with Crippen LogP contribution in [-0.2, 0) is 65.7 Å². The number of nitrogens with zero attached hydrogens (tertiary/aromatic N) is 9. The summed E-state index contributed by atoms with van der Waals surface area (Å²) in [6, 6.07) is 90.5. The number of aromatic nitrogens is 9. The van der Waals surface area contributed by atoms with E-state index in [0.717, 1.165) is 59.2 Å². The minimum atomic E-state index is -2.76. The van der Waals surface area contributed by atoms with Gasteiger partial charge in [0, 0.05) is 201 Å². The number of hydrogen-bond donors (Lipinski definition) is 0. The van der Waals surface area contributed by atoms with Crippen molar-refractivity contribution in [1.82, 2.24) is 44.9 Å². The molecule has 3 radical (unpaired) electrons. The fraction of sp³-hybridized carbons (Fsp3) is 0.165. The van der Waals surface area contributed by atoms with Crippen molar-refractivity contribution in [3.63, 3.8) is 0 Å². The number of rotatable bonds is 11. The zero-order valence-corrected chi connectivity index (χ0v) is 86.0. The van der Waals surface area contributed by atoms with Gasteiger partial charge in [-0.25, -0.2) is 15.0 Å². The number of aryl methyl sites for hydroxylation is 18. The van der Waals surface area contributed by atoms with Crippen LogP contribution >= 0.6 is 0 Å². The normalized spacial score (nSPS) is 17.5. The molecule has 12 heterocycles. The van der Waals surface area contributed by atoms with E-state index in [2.05, 4.69) is 102 Å². The summed E-state index contributed by atoms with van der Waals surface area (Å²) in [4.78, 5) is 38.4. The summed E-state index contributed by atoms with van der Waals surface area (Å²) in [5.74, 6) is 0. The third-order valence-electron chi connectivity index (χ3n) is 23.5. The Bertz CT molecular complexity index is 10200. The minimum Gasteiger partial charge on any atom is -0.486 e. The van der Waals surface area contributed by atoms with E-state index in [1.54, 1.807) is 97.9 Å². The van der Waals surface area contributed by atoms with Crippen molar-refractivity contribution in [2.24, 2.45) is 0 Å². The molecule has 23 aromatic rings. The van der Waals surface area contributed by atoms with E-state index in [1.165, 1.54) is 115 Å². The van der Waals surface area contributed by atoms with Crippen LogP contribution in [0.15, 0.2) is 329 Å². The summed E-state index contributed by atoms with van der Waals surface area (Å²) >= 11 is 0. The van der Waals surface area contributed by atoms with Crippen LogP contribution < -0.4 is 0 Å². The molecule has 148 heavy (non-hydrogen) atoms. The topological polar surface area (TPSA) is 155 Å². The minimum absolute atomic E-state index is 0. The maximum absolute atomic E-state index is 8.06. The molecule has 0 aliphatic heterocycles. The van der Waals surface area contributed by atoms with E-state index in [0.29, 0.717) is 93.8 Å². The second-order valence-corrected chi connectivity index (χ2v) is 34.4. The number of benzene rings is 11. The van der Waals surface area contributed by atoms with Gasteiger partial charge in [-0.1, -0.05) is 271 Å². The van der Waals surface area contributed by atoms with Crippen molar-refractivity contribution >= 4 is 66.2 Å². The second-order valence-electron chi connectivity index (χ2n) is 34.4. The van der Waals surface area contributed by atoms with E-state index < -0.39 is 116 Å². The summed E-state index contributed by atoms with van der Waals surface area (Å²) in [6.07, 6.45) is 7.90. The summed E-state index contributed by atoms with van der Waals surface area (Å²) in [7, 11) is 0. The predicted molar refractivity (Wildman–Crippen MR) is 597 cm³/mol. The van der Waals surface area contributed by atoms with Crippen molar-refractivity contribution in [2.45, 2.75) is 150 Å². The first-order chi connectivity index (χ1) is 90.5. The number of hydrogen-bond acceptors (Lipinski definition) is 12. The molecule has 0 amide bonds. The van der Waals surface area contributed by atoms with E-state index in [9.17, 15) is 0 Å². The zero-order valence-electron chi connectivity index (χ0n) is 130. The Morgan fingerprint density at radius 2 is 0.608 bits per heavy atom. The number of fused-ring (bicyclic) bond motifs is 9. The van der Waals surface area contributed by atoms with E-state index in [1.807, 2.05) is 79.0 Å². The van der Waals surface area contributed by atoms with Gasteiger partial charge in [-0.3, -0.25) is 0 Å². The molecule has 0 aliphatic carbocycles.